The number of piperidine rings is 1. The Morgan fingerprint density at radius 1 is 1.33 bits per heavy atom. The first-order valence-electron chi connectivity index (χ1n) is 6.25. The third-order valence-electron chi connectivity index (χ3n) is 3.68. The average Bonchev–Trinajstić information content (AvgIpc) is 3.08. The van der Waals surface area contributed by atoms with E-state index >= 15 is 0 Å². The van der Waals surface area contributed by atoms with Gasteiger partial charge in [-0.25, -0.2) is 0 Å². The maximum atomic E-state index is 12.2. The van der Waals surface area contributed by atoms with Crippen molar-refractivity contribution in [3.05, 3.63) is 0 Å². The number of carboxylic acid groups (broad SMARTS) is 1. The van der Waals surface area contributed by atoms with Crippen molar-refractivity contribution in [2.45, 2.75) is 38.6 Å². The van der Waals surface area contributed by atoms with E-state index < -0.39 is 11.4 Å². The van der Waals surface area contributed by atoms with Gasteiger partial charge in [0.05, 0.1) is 0 Å². The van der Waals surface area contributed by atoms with Crippen molar-refractivity contribution in [3.8, 4) is 0 Å². The molecule has 6 heteroatoms. The maximum absolute atomic E-state index is 12.2. The molecule has 1 heterocycles. The van der Waals surface area contributed by atoms with Crippen LogP contribution in [0.1, 0.15) is 32.6 Å². The molecule has 6 nitrogen and oxygen atoms in total. The lowest BCUT2D eigenvalue weighted by atomic mass is 10.0. The molecule has 0 aromatic heterocycles. The van der Waals surface area contributed by atoms with Crippen LogP contribution in [0.25, 0.3) is 0 Å². The van der Waals surface area contributed by atoms with E-state index in [2.05, 4.69) is 5.32 Å². The van der Waals surface area contributed by atoms with Gasteiger partial charge in [-0.1, -0.05) is 0 Å². The van der Waals surface area contributed by atoms with Gasteiger partial charge in [0.25, 0.3) is 0 Å². The molecule has 0 bridgehead atoms. The minimum atomic E-state index is -1.17. The number of amides is 2. The first-order valence-corrected chi connectivity index (χ1v) is 6.25. The van der Waals surface area contributed by atoms with E-state index in [4.69, 9.17) is 5.11 Å². The summed E-state index contributed by atoms with van der Waals surface area (Å²) in [5.41, 5.74) is -1.17. The van der Waals surface area contributed by atoms with Gasteiger partial charge in [0.1, 0.15) is 5.41 Å². The highest BCUT2D eigenvalue weighted by Crippen LogP contribution is 2.47. The van der Waals surface area contributed by atoms with Crippen molar-refractivity contribution < 1.29 is 19.5 Å². The summed E-state index contributed by atoms with van der Waals surface area (Å²) in [6.07, 6.45) is 2.50. The van der Waals surface area contributed by atoms with Gasteiger partial charge >= 0.3 is 5.97 Å². The molecule has 1 saturated carbocycles. The van der Waals surface area contributed by atoms with E-state index in [1.54, 1.807) is 4.90 Å². The summed E-state index contributed by atoms with van der Waals surface area (Å²) in [6, 6.07) is -0.0511. The highest BCUT2D eigenvalue weighted by Gasteiger charge is 2.58. The summed E-state index contributed by atoms with van der Waals surface area (Å²) in [5, 5.41) is 11.9. The van der Waals surface area contributed by atoms with Crippen molar-refractivity contribution in [2.24, 2.45) is 5.41 Å². The number of carbonyl (C=O) groups excluding carboxylic acids is 2. The molecule has 0 spiro atoms. The molecule has 2 rings (SSSR count). The molecule has 2 aliphatic rings. The molecule has 1 atom stereocenters. The van der Waals surface area contributed by atoms with Gasteiger partial charge in [-0.15, -0.1) is 0 Å². The molecule has 1 aliphatic carbocycles. The molecule has 2 N–H and O–H groups in total. The van der Waals surface area contributed by atoms with Gasteiger partial charge < -0.3 is 15.3 Å². The standard InChI is InChI=1S/C12H18N2O4/c1-8(15)13-9-3-2-6-14(7-9)10(16)12(4-5-12)11(17)18/h9H,2-7H2,1H3,(H,13,15)(H,17,18)/t9-/m1/s1. The molecule has 2 fully saturated rings. The number of hydrogen-bond donors (Lipinski definition) is 2. The molecular weight excluding hydrogens is 236 g/mol. The summed E-state index contributed by atoms with van der Waals surface area (Å²) >= 11 is 0. The van der Waals surface area contributed by atoms with Crippen molar-refractivity contribution in [3.63, 3.8) is 0 Å². The molecule has 1 aliphatic heterocycles. The SMILES string of the molecule is CC(=O)N[C@@H]1CCCN(C(=O)C2(C(=O)O)CC2)C1. The molecule has 0 radical (unpaired) electrons. The quantitative estimate of drug-likeness (QED) is 0.693. The summed E-state index contributed by atoms with van der Waals surface area (Å²) in [4.78, 5) is 35.9. The van der Waals surface area contributed by atoms with Crippen LogP contribution in [0.2, 0.25) is 0 Å². The highest BCUT2D eigenvalue weighted by atomic mass is 16.4. The summed E-state index contributed by atoms with van der Waals surface area (Å²) in [6.45, 7) is 2.46. The molecule has 0 aromatic rings. The largest absolute Gasteiger partial charge is 0.480 e. The molecule has 0 unspecified atom stereocenters. The van der Waals surface area contributed by atoms with E-state index in [9.17, 15) is 14.4 Å². The second-order valence-corrected chi connectivity index (χ2v) is 5.18. The number of nitrogens with zero attached hydrogens (tertiary/aromatic N) is 1. The molecule has 18 heavy (non-hydrogen) atoms. The summed E-state index contributed by atoms with van der Waals surface area (Å²) in [7, 11) is 0. The average molecular weight is 254 g/mol. The van der Waals surface area contributed by atoms with E-state index in [1.165, 1.54) is 6.92 Å². The third kappa shape index (κ3) is 2.32. The van der Waals surface area contributed by atoms with Gasteiger partial charge in [-0.3, -0.25) is 14.4 Å². The monoisotopic (exact) mass is 254 g/mol. The fraction of sp³-hybridized carbons (Fsp3) is 0.750. The van der Waals surface area contributed by atoms with Crippen molar-refractivity contribution in [2.75, 3.05) is 13.1 Å². The maximum Gasteiger partial charge on any atom is 0.319 e. The van der Waals surface area contributed by atoms with Gasteiger partial charge in [-0.05, 0) is 25.7 Å². The number of carbonyl (C=O) groups is 3. The number of nitrogens with one attached hydrogen (secondary N) is 1. The lowest BCUT2D eigenvalue weighted by molar-refractivity contribution is -0.154. The zero-order chi connectivity index (χ0) is 13.3. The van der Waals surface area contributed by atoms with Gasteiger partial charge in [0, 0.05) is 26.1 Å². The number of hydrogen-bond acceptors (Lipinski definition) is 3. The highest BCUT2D eigenvalue weighted by molar-refractivity contribution is 6.04. The van der Waals surface area contributed by atoms with Crippen LogP contribution in [0, 0.1) is 5.41 Å². The third-order valence-corrected chi connectivity index (χ3v) is 3.68. The Bertz CT molecular complexity index is 390. The molecule has 100 valence electrons. The number of aliphatic carboxylic acids is 1. The predicted octanol–water partition coefficient (Wildman–Crippen LogP) is -0.0217. The van der Waals surface area contributed by atoms with E-state index in [0.717, 1.165) is 12.8 Å². The Morgan fingerprint density at radius 3 is 2.50 bits per heavy atom. The second kappa shape index (κ2) is 4.59. The second-order valence-electron chi connectivity index (χ2n) is 5.18. The fourth-order valence-electron chi connectivity index (χ4n) is 2.51. The molecular formula is C12H18N2O4. The predicted molar refractivity (Wildman–Crippen MR) is 62.7 cm³/mol. The van der Waals surface area contributed by atoms with Crippen LogP contribution in [-0.4, -0.2) is 46.9 Å². The van der Waals surface area contributed by atoms with Crippen LogP contribution in [-0.2, 0) is 14.4 Å². The smallest absolute Gasteiger partial charge is 0.319 e. The van der Waals surface area contributed by atoms with Crippen LogP contribution >= 0.6 is 0 Å². The Hall–Kier alpha value is -1.59. The van der Waals surface area contributed by atoms with Crippen LogP contribution in [0.5, 0.6) is 0 Å². The summed E-state index contributed by atoms with van der Waals surface area (Å²) in [5.74, 6) is -1.42. The zero-order valence-corrected chi connectivity index (χ0v) is 10.4. The van der Waals surface area contributed by atoms with Crippen molar-refractivity contribution >= 4 is 17.8 Å². The first kappa shape index (κ1) is 12.9. The minimum absolute atomic E-state index is 0.0511. The lowest BCUT2D eigenvalue weighted by Crippen LogP contribution is -2.52. The Balaban J connectivity index is 1.99. The number of carboxylic acids is 1. The number of rotatable bonds is 3. The topological polar surface area (TPSA) is 86.7 Å². The van der Waals surface area contributed by atoms with E-state index in [1.807, 2.05) is 0 Å². The molecule has 0 aromatic carbocycles. The lowest BCUT2D eigenvalue weighted by Gasteiger charge is -2.34. The summed E-state index contributed by atoms with van der Waals surface area (Å²) < 4.78 is 0. The number of likely N-dealkylation sites (tertiary alicyclic amines) is 1. The van der Waals surface area contributed by atoms with Crippen LogP contribution < -0.4 is 5.32 Å². The minimum Gasteiger partial charge on any atom is -0.480 e. The van der Waals surface area contributed by atoms with E-state index in [0.29, 0.717) is 25.9 Å². The van der Waals surface area contributed by atoms with Crippen LogP contribution in [0.15, 0.2) is 0 Å². The van der Waals surface area contributed by atoms with Crippen molar-refractivity contribution in [1.82, 2.24) is 10.2 Å². The zero-order valence-electron chi connectivity index (χ0n) is 10.4. The van der Waals surface area contributed by atoms with E-state index in [-0.39, 0.29) is 17.9 Å². The fourth-order valence-corrected chi connectivity index (χ4v) is 2.51. The molecule has 1 saturated heterocycles. The van der Waals surface area contributed by atoms with Gasteiger partial charge in [0.2, 0.25) is 11.8 Å². The Kier molecular flexibility index (Phi) is 3.28. The van der Waals surface area contributed by atoms with Crippen LogP contribution in [0.3, 0.4) is 0 Å². The van der Waals surface area contributed by atoms with Crippen molar-refractivity contribution in [1.29, 1.82) is 0 Å². The van der Waals surface area contributed by atoms with Gasteiger partial charge in [0.15, 0.2) is 0 Å². The normalized spacial score (nSPS) is 25.4. The Labute approximate surface area is 105 Å². The van der Waals surface area contributed by atoms with Crippen LogP contribution in [0.4, 0.5) is 0 Å². The first-order chi connectivity index (χ1) is 8.45. The van der Waals surface area contributed by atoms with Gasteiger partial charge in [-0.2, -0.15) is 0 Å². The Morgan fingerprint density at radius 2 is 2.00 bits per heavy atom. The molecule has 2 amide bonds.